The average Bonchev–Trinajstić information content (AvgIpc) is 2.92. The van der Waals surface area contributed by atoms with Gasteiger partial charge in [0, 0.05) is 0 Å². The highest BCUT2D eigenvalue weighted by Gasteiger charge is 1.88. The van der Waals surface area contributed by atoms with Gasteiger partial charge in [0.1, 0.15) is 0 Å². The largest absolute Gasteiger partial charge is 0.345 e. The molecule has 0 saturated carbocycles. The molecule has 104 valence electrons. The summed E-state index contributed by atoms with van der Waals surface area (Å²) >= 11 is 0. The average molecular weight is 250 g/mol. The maximum atomic E-state index is 4.06. The van der Waals surface area contributed by atoms with E-state index in [0.29, 0.717) is 0 Å². The number of aromatic amines is 1. The van der Waals surface area contributed by atoms with Crippen LogP contribution >= 0.6 is 0 Å². The Hall–Kier alpha value is -1.31. The molecule has 0 bridgehead atoms. The zero-order valence-electron chi connectivity index (χ0n) is 13.1. The summed E-state index contributed by atoms with van der Waals surface area (Å²) in [6.07, 6.45) is 3.00. The standard InChI is InChI=1S/C7H6N2.C5H12.2C2H6/c1-2-4-7-6(3-1)8-5-9-7;1-4-5(2)3;2*1-2/h1-5H,(H,8,9);5H,4H2,1-3H3;2*1-2H3. The number of aromatic nitrogens is 2. The van der Waals surface area contributed by atoms with E-state index in [4.69, 9.17) is 0 Å². The van der Waals surface area contributed by atoms with Gasteiger partial charge in [-0.1, -0.05) is 67.0 Å². The van der Waals surface area contributed by atoms with Crippen molar-refractivity contribution in [3.63, 3.8) is 0 Å². The fraction of sp³-hybridized carbons (Fsp3) is 0.562. The van der Waals surface area contributed by atoms with Crippen molar-refractivity contribution >= 4 is 11.0 Å². The minimum absolute atomic E-state index is 0.884. The van der Waals surface area contributed by atoms with E-state index >= 15 is 0 Å². The van der Waals surface area contributed by atoms with Crippen molar-refractivity contribution in [3.05, 3.63) is 30.6 Å². The topological polar surface area (TPSA) is 28.7 Å². The molecule has 0 unspecified atom stereocenters. The van der Waals surface area contributed by atoms with Crippen molar-refractivity contribution in [1.29, 1.82) is 0 Å². The third kappa shape index (κ3) is 8.80. The van der Waals surface area contributed by atoms with Gasteiger partial charge in [-0.15, -0.1) is 0 Å². The first-order valence-corrected chi connectivity index (χ1v) is 7.12. The van der Waals surface area contributed by atoms with Gasteiger partial charge in [-0.25, -0.2) is 4.98 Å². The molecule has 1 aromatic heterocycles. The van der Waals surface area contributed by atoms with Crippen LogP contribution in [-0.2, 0) is 0 Å². The van der Waals surface area contributed by atoms with E-state index in [-0.39, 0.29) is 0 Å². The van der Waals surface area contributed by atoms with Crippen LogP contribution in [0.25, 0.3) is 11.0 Å². The zero-order valence-corrected chi connectivity index (χ0v) is 13.1. The third-order valence-corrected chi connectivity index (χ3v) is 2.14. The van der Waals surface area contributed by atoms with Gasteiger partial charge in [-0.05, 0) is 18.1 Å². The molecule has 0 radical (unpaired) electrons. The molecule has 2 rings (SSSR count). The third-order valence-electron chi connectivity index (χ3n) is 2.14. The maximum absolute atomic E-state index is 4.06. The van der Waals surface area contributed by atoms with Gasteiger partial charge in [0.15, 0.2) is 0 Å². The number of imidazole rings is 1. The van der Waals surface area contributed by atoms with Crippen molar-refractivity contribution in [2.24, 2.45) is 5.92 Å². The molecule has 0 spiro atoms. The van der Waals surface area contributed by atoms with Crippen LogP contribution in [0.3, 0.4) is 0 Å². The zero-order chi connectivity index (χ0) is 14.4. The summed E-state index contributed by atoms with van der Waals surface area (Å²) in [5, 5.41) is 0. The number of fused-ring (bicyclic) bond motifs is 1. The molecule has 1 N–H and O–H groups in total. The van der Waals surface area contributed by atoms with E-state index in [2.05, 4.69) is 30.7 Å². The Morgan fingerprint density at radius 1 is 1.06 bits per heavy atom. The predicted molar refractivity (Wildman–Crippen MR) is 83.9 cm³/mol. The first-order valence-electron chi connectivity index (χ1n) is 7.12. The van der Waals surface area contributed by atoms with Gasteiger partial charge in [0.25, 0.3) is 0 Å². The van der Waals surface area contributed by atoms with Crippen LogP contribution in [0.5, 0.6) is 0 Å². The first kappa shape index (κ1) is 19.0. The highest BCUT2D eigenvalue weighted by molar-refractivity contribution is 5.73. The van der Waals surface area contributed by atoms with E-state index in [0.717, 1.165) is 17.0 Å². The second-order valence-electron chi connectivity index (χ2n) is 3.72. The minimum Gasteiger partial charge on any atom is -0.345 e. The Kier molecular flexibility index (Phi) is 14.5. The normalized spacial score (nSPS) is 8.44. The van der Waals surface area contributed by atoms with E-state index in [1.807, 2.05) is 52.0 Å². The van der Waals surface area contributed by atoms with Crippen LogP contribution in [0.15, 0.2) is 30.6 Å². The fourth-order valence-corrected chi connectivity index (χ4v) is 0.880. The Morgan fingerprint density at radius 2 is 1.56 bits per heavy atom. The Labute approximate surface area is 113 Å². The summed E-state index contributed by atoms with van der Waals surface area (Å²) in [6.45, 7) is 14.6. The Morgan fingerprint density at radius 3 is 2.00 bits per heavy atom. The van der Waals surface area contributed by atoms with Crippen molar-refractivity contribution in [1.82, 2.24) is 9.97 Å². The Balaban J connectivity index is 0. The SMILES string of the molecule is CC.CC.CCC(C)C.c1ccc2[nH]cnc2c1. The lowest BCUT2D eigenvalue weighted by atomic mass is 10.2. The number of para-hydroxylation sites is 2. The Bertz CT molecular complexity index is 334. The van der Waals surface area contributed by atoms with Gasteiger partial charge < -0.3 is 4.98 Å². The van der Waals surface area contributed by atoms with Crippen molar-refractivity contribution in [2.75, 3.05) is 0 Å². The van der Waals surface area contributed by atoms with Gasteiger partial charge in [-0.3, -0.25) is 0 Å². The summed E-state index contributed by atoms with van der Waals surface area (Å²) in [5.74, 6) is 0.884. The van der Waals surface area contributed by atoms with Crippen molar-refractivity contribution < 1.29 is 0 Å². The van der Waals surface area contributed by atoms with Crippen LogP contribution in [0.2, 0.25) is 0 Å². The van der Waals surface area contributed by atoms with E-state index in [1.54, 1.807) is 6.33 Å². The number of benzene rings is 1. The lowest BCUT2D eigenvalue weighted by Crippen LogP contribution is -1.77. The number of rotatable bonds is 1. The van der Waals surface area contributed by atoms with Crippen LogP contribution in [0, 0.1) is 5.92 Å². The monoisotopic (exact) mass is 250 g/mol. The number of hydrogen-bond acceptors (Lipinski definition) is 1. The van der Waals surface area contributed by atoms with Gasteiger partial charge in [-0.2, -0.15) is 0 Å². The van der Waals surface area contributed by atoms with Crippen LogP contribution in [-0.4, -0.2) is 9.97 Å². The van der Waals surface area contributed by atoms with Gasteiger partial charge in [0.2, 0.25) is 0 Å². The molecule has 0 aliphatic carbocycles. The molecule has 2 heteroatoms. The smallest absolute Gasteiger partial charge is 0.0931 e. The highest BCUT2D eigenvalue weighted by atomic mass is 14.9. The summed E-state index contributed by atoms with van der Waals surface area (Å²) in [7, 11) is 0. The summed E-state index contributed by atoms with van der Waals surface area (Å²) in [6, 6.07) is 7.94. The van der Waals surface area contributed by atoms with Crippen LogP contribution in [0.4, 0.5) is 0 Å². The molecule has 0 aliphatic heterocycles. The van der Waals surface area contributed by atoms with Crippen LogP contribution < -0.4 is 0 Å². The fourth-order valence-electron chi connectivity index (χ4n) is 0.880. The lowest BCUT2D eigenvalue weighted by Gasteiger charge is -1.90. The molecule has 0 amide bonds. The lowest BCUT2D eigenvalue weighted by molar-refractivity contribution is 0.626. The van der Waals surface area contributed by atoms with Crippen molar-refractivity contribution in [2.45, 2.75) is 54.9 Å². The maximum Gasteiger partial charge on any atom is 0.0931 e. The quantitative estimate of drug-likeness (QED) is 0.694. The number of nitrogens with zero attached hydrogens (tertiary/aromatic N) is 1. The number of nitrogens with one attached hydrogen (secondary N) is 1. The molecule has 1 heterocycles. The molecule has 0 saturated heterocycles. The molecule has 18 heavy (non-hydrogen) atoms. The van der Waals surface area contributed by atoms with Crippen LogP contribution in [0.1, 0.15) is 54.9 Å². The summed E-state index contributed by atoms with van der Waals surface area (Å²) in [5.41, 5.74) is 2.12. The van der Waals surface area contributed by atoms with E-state index < -0.39 is 0 Å². The van der Waals surface area contributed by atoms with E-state index in [9.17, 15) is 0 Å². The summed E-state index contributed by atoms with van der Waals surface area (Å²) < 4.78 is 0. The second-order valence-corrected chi connectivity index (χ2v) is 3.72. The molecule has 1 aromatic carbocycles. The van der Waals surface area contributed by atoms with E-state index in [1.165, 1.54) is 6.42 Å². The highest BCUT2D eigenvalue weighted by Crippen LogP contribution is 2.05. The molecule has 2 aromatic rings. The molecular weight excluding hydrogens is 220 g/mol. The number of hydrogen-bond donors (Lipinski definition) is 1. The second kappa shape index (κ2) is 13.8. The van der Waals surface area contributed by atoms with Gasteiger partial charge >= 0.3 is 0 Å². The molecule has 0 aliphatic rings. The molecule has 0 atom stereocenters. The number of H-pyrrole nitrogens is 1. The molecule has 0 fully saturated rings. The van der Waals surface area contributed by atoms with Crippen molar-refractivity contribution in [3.8, 4) is 0 Å². The molecular formula is C16H30N2. The predicted octanol–water partition coefficient (Wildman–Crippen LogP) is 5.67. The first-order chi connectivity index (χ1) is 8.74. The van der Waals surface area contributed by atoms with Gasteiger partial charge in [0.05, 0.1) is 17.4 Å². The molecule has 2 nitrogen and oxygen atoms in total. The minimum atomic E-state index is 0.884. The summed E-state index contributed by atoms with van der Waals surface area (Å²) in [4.78, 5) is 7.07.